The fourth-order valence-corrected chi connectivity index (χ4v) is 4.42. The summed E-state index contributed by atoms with van der Waals surface area (Å²) in [4.78, 5) is 29.1. The van der Waals surface area contributed by atoms with Crippen molar-refractivity contribution in [2.24, 2.45) is 0 Å². The molecule has 2 unspecified atom stereocenters. The lowest BCUT2D eigenvalue weighted by Crippen LogP contribution is -2.51. The molecule has 0 aliphatic carbocycles. The number of nitrogens with zero attached hydrogens (tertiary/aromatic N) is 1. The SMILES string of the molecule is CCC(C)NC(=O)C(CC)N(Cc1cccc(OC)c1)C(=O)CC(c1ccccc1)c1ccccc1. The maximum Gasteiger partial charge on any atom is 0.243 e. The Balaban J connectivity index is 1.96. The molecular formula is C31H38N2O3. The number of methoxy groups -OCH3 is 1. The Morgan fingerprint density at radius 1 is 0.861 bits per heavy atom. The summed E-state index contributed by atoms with van der Waals surface area (Å²) in [6.45, 7) is 6.31. The summed E-state index contributed by atoms with van der Waals surface area (Å²) >= 11 is 0. The molecule has 0 bridgehead atoms. The van der Waals surface area contributed by atoms with Gasteiger partial charge in [-0.2, -0.15) is 0 Å². The van der Waals surface area contributed by atoms with Crippen molar-refractivity contribution in [3.05, 3.63) is 102 Å². The number of hydrogen-bond donors (Lipinski definition) is 1. The van der Waals surface area contributed by atoms with E-state index < -0.39 is 6.04 Å². The van der Waals surface area contributed by atoms with Crippen molar-refractivity contribution < 1.29 is 14.3 Å². The number of ether oxygens (including phenoxy) is 1. The van der Waals surface area contributed by atoms with Crippen molar-refractivity contribution in [1.29, 1.82) is 0 Å². The van der Waals surface area contributed by atoms with Crippen molar-refractivity contribution in [1.82, 2.24) is 10.2 Å². The minimum atomic E-state index is -0.565. The van der Waals surface area contributed by atoms with Gasteiger partial charge in [0, 0.05) is 24.9 Å². The van der Waals surface area contributed by atoms with Gasteiger partial charge in [-0.25, -0.2) is 0 Å². The van der Waals surface area contributed by atoms with Gasteiger partial charge in [0.1, 0.15) is 11.8 Å². The molecule has 0 saturated heterocycles. The predicted molar refractivity (Wildman–Crippen MR) is 145 cm³/mol. The van der Waals surface area contributed by atoms with Gasteiger partial charge in [-0.15, -0.1) is 0 Å². The molecule has 0 aliphatic heterocycles. The number of nitrogens with one attached hydrogen (secondary N) is 1. The van der Waals surface area contributed by atoms with Gasteiger partial charge < -0.3 is 15.0 Å². The maximum absolute atomic E-state index is 14.0. The second-order valence-corrected chi connectivity index (χ2v) is 9.19. The Bertz CT molecular complexity index is 1060. The molecule has 0 saturated carbocycles. The van der Waals surface area contributed by atoms with Gasteiger partial charge in [0.05, 0.1) is 7.11 Å². The summed E-state index contributed by atoms with van der Waals surface area (Å²) in [6.07, 6.45) is 1.63. The molecule has 0 spiro atoms. The molecule has 0 heterocycles. The summed E-state index contributed by atoms with van der Waals surface area (Å²) in [6, 6.07) is 27.3. The minimum Gasteiger partial charge on any atom is -0.497 e. The zero-order valence-electron chi connectivity index (χ0n) is 21.8. The van der Waals surface area contributed by atoms with Crippen LogP contribution in [0.15, 0.2) is 84.9 Å². The number of amides is 2. The topological polar surface area (TPSA) is 58.6 Å². The van der Waals surface area contributed by atoms with Crippen LogP contribution in [0, 0.1) is 0 Å². The monoisotopic (exact) mass is 486 g/mol. The molecule has 2 atom stereocenters. The standard InChI is InChI=1S/C31H38N2O3/c1-5-23(3)32-31(35)29(6-2)33(22-24-14-13-19-27(20-24)36-4)30(34)21-28(25-15-9-7-10-16-25)26-17-11-8-12-18-26/h7-20,23,28-29H,5-6,21-22H2,1-4H3,(H,32,35). The first-order chi connectivity index (χ1) is 17.5. The first-order valence-corrected chi connectivity index (χ1v) is 12.8. The minimum absolute atomic E-state index is 0.0432. The summed E-state index contributed by atoms with van der Waals surface area (Å²) in [5, 5.41) is 3.08. The molecule has 5 nitrogen and oxygen atoms in total. The van der Waals surface area contributed by atoms with Crippen LogP contribution in [0.2, 0.25) is 0 Å². The zero-order valence-corrected chi connectivity index (χ0v) is 21.8. The molecule has 190 valence electrons. The number of carbonyl (C=O) groups is 2. The third-order valence-corrected chi connectivity index (χ3v) is 6.66. The zero-order chi connectivity index (χ0) is 25.9. The lowest BCUT2D eigenvalue weighted by atomic mass is 9.88. The molecule has 0 aliphatic rings. The molecular weight excluding hydrogens is 448 g/mol. The van der Waals surface area contributed by atoms with Crippen LogP contribution in [0.1, 0.15) is 62.6 Å². The Morgan fingerprint density at radius 3 is 2.00 bits per heavy atom. The fourth-order valence-electron chi connectivity index (χ4n) is 4.42. The number of hydrogen-bond acceptors (Lipinski definition) is 3. The van der Waals surface area contributed by atoms with Gasteiger partial charge in [0.25, 0.3) is 0 Å². The smallest absolute Gasteiger partial charge is 0.243 e. The van der Waals surface area contributed by atoms with E-state index in [2.05, 4.69) is 29.6 Å². The summed E-state index contributed by atoms with van der Waals surface area (Å²) in [5.74, 6) is 0.451. The first-order valence-electron chi connectivity index (χ1n) is 12.8. The third-order valence-electron chi connectivity index (χ3n) is 6.66. The van der Waals surface area contributed by atoms with E-state index in [4.69, 9.17) is 4.74 Å². The second-order valence-electron chi connectivity index (χ2n) is 9.19. The predicted octanol–water partition coefficient (Wildman–Crippen LogP) is 5.94. The van der Waals surface area contributed by atoms with Crippen LogP contribution in [0.3, 0.4) is 0 Å². The molecule has 5 heteroatoms. The van der Waals surface area contributed by atoms with Crippen LogP contribution in [-0.4, -0.2) is 35.9 Å². The Morgan fingerprint density at radius 2 is 1.47 bits per heavy atom. The third kappa shape index (κ3) is 7.20. The Labute approximate surface area is 215 Å². The highest BCUT2D eigenvalue weighted by atomic mass is 16.5. The average Bonchev–Trinajstić information content (AvgIpc) is 2.92. The summed E-state index contributed by atoms with van der Waals surface area (Å²) < 4.78 is 5.40. The number of carbonyl (C=O) groups excluding carboxylic acids is 2. The van der Waals surface area contributed by atoms with E-state index in [1.807, 2.05) is 81.4 Å². The summed E-state index contributed by atoms with van der Waals surface area (Å²) in [5.41, 5.74) is 3.08. The van der Waals surface area contributed by atoms with E-state index in [0.717, 1.165) is 28.9 Å². The van der Waals surface area contributed by atoms with Gasteiger partial charge in [0.15, 0.2) is 0 Å². The van der Waals surface area contributed by atoms with Gasteiger partial charge >= 0.3 is 0 Å². The molecule has 0 fully saturated rings. The molecule has 0 radical (unpaired) electrons. The first kappa shape index (κ1) is 27.0. The normalized spacial score (nSPS) is 12.6. The van der Waals surface area contributed by atoms with E-state index >= 15 is 0 Å². The van der Waals surface area contributed by atoms with Gasteiger partial charge in [-0.1, -0.05) is 86.6 Å². The molecule has 3 rings (SSSR count). The Hall–Kier alpha value is -3.60. The number of rotatable bonds is 12. The Kier molecular flexibility index (Phi) is 10.1. The molecule has 0 aromatic heterocycles. The van der Waals surface area contributed by atoms with Gasteiger partial charge in [0.2, 0.25) is 11.8 Å². The van der Waals surface area contributed by atoms with Crippen LogP contribution in [-0.2, 0) is 16.1 Å². The van der Waals surface area contributed by atoms with Crippen LogP contribution >= 0.6 is 0 Å². The molecule has 1 N–H and O–H groups in total. The largest absolute Gasteiger partial charge is 0.497 e. The van der Waals surface area contributed by atoms with E-state index in [0.29, 0.717) is 13.0 Å². The van der Waals surface area contributed by atoms with E-state index in [1.54, 1.807) is 12.0 Å². The lowest BCUT2D eigenvalue weighted by molar-refractivity contribution is -0.141. The second kappa shape index (κ2) is 13.5. The van der Waals surface area contributed by atoms with Crippen molar-refractivity contribution in [3.63, 3.8) is 0 Å². The summed E-state index contributed by atoms with van der Waals surface area (Å²) in [7, 11) is 1.63. The van der Waals surface area contributed by atoms with E-state index in [1.165, 1.54) is 0 Å². The van der Waals surface area contributed by atoms with Crippen LogP contribution < -0.4 is 10.1 Å². The van der Waals surface area contributed by atoms with E-state index in [9.17, 15) is 9.59 Å². The lowest BCUT2D eigenvalue weighted by Gasteiger charge is -2.33. The van der Waals surface area contributed by atoms with Crippen molar-refractivity contribution in [2.45, 2.75) is 64.6 Å². The quantitative estimate of drug-likeness (QED) is 0.345. The maximum atomic E-state index is 14.0. The highest BCUT2D eigenvalue weighted by Crippen LogP contribution is 2.30. The highest BCUT2D eigenvalue weighted by molar-refractivity contribution is 5.88. The molecule has 3 aromatic rings. The fraction of sp³-hybridized carbons (Fsp3) is 0.355. The highest BCUT2D eigenvalue weighted by Gasteiger charge is 2.31. The van der Waals surface area contributed by atoms with Gasteiger partial charge in [-0.05, 0) is 48.6 Å². The molecule has 3 aromatic carbocycles. The average molecular weight is 487 g/mol. The molecule has 2 amide bonds. The van der Waals surface area contributed by atoms with Crippen LogP contribution in [0.4, 0.5) is 0 Å². The van der Waals surface area contributed by atoms with Crippen molar-refractivity contribution in [3.8, 4) is 5.75 Å². The van der Waals surface area contributed by atoms with Crippen molar-refractivity contribution in [2.75, 3.05) is 7.11 Å². The van der Waals surface area contributed by atoms with E-state index in [-0.39, 0.29) is 30.2 Å². The van der Waals surface area contributed by atoms with Crippen molar-refractivity contribution >= 4 is 11.8 Å². The van der Waals surface area contributed by atoms with Crippen LogP contribution in [0.5, 0.6) is 5.75 Å². The number of benzene rings is 3. The molecule has 36 heavy (non-hydrogen) atoms. The van der Waals surface area contributed by atoms with Gasteiger partial charge in [-0.3, -0.25) is 9.59 Å². The van der Waals surface area contributed by atoms with Crippen LogP contribution in [0.25, 0.3) is 0 Å².